The number of amides is 1. The minimum absolute atomic E-state index is 0.00673. The van der Waals surface area contributed by atoms with Crippen LogP contribution in [-0.2, 0) is 14.3 Å². The van der Waals surface area contributed by atoms with Crippen LogP contribution in [0.4, 0.5) is 0 Å². The van der Waals surface area contributed by atoms with Gasteiger partial charge in [0.05, 0.1) is 25.4 Å². The Balaban J connectivity index is 3.36. The zero-order chi connectivity index (χ0) is 52.9. The van der Waals surface area contributed by atoms with Crippen LogP contribution in [0.15, 0.2) is 36.5 Å². The molecule has 2 unspecified atom stereocenters. The van der Waals surface area contributed by atoms with E-state index in [-0.39, 0.29) is 18.5 Å². The van der Waals surface area contributed by atoms with Gasteiger partial charge in [-0.1, -0.05) is 301 Å². The molecule has 1 amide bonds. The standard InChI is InChI=1S/C67H127NO5/c1-3-5-7-9-11-13-15-36-40-43-47-51-55-59-65(70)64(63-69)68-66(71)60-56-52-48-44-41-37-34-32-30-28-26-24-22-20-18-16-17-19-21-23-25-27-29-31-33-35-38-42-46-50-54-58-62-73-67(72)61-57-53-49-45-39-14-12-10-8-6-4-2/h10,12,19,21,55,59,64-65,69-70H,3-9,11,13-18,20,22-54,56-58,60-63H2,1-2H3,(H,68,71)/b12-10-,21-19-,59-55+. The highest BCUT2D eigenvalue weighted by atomic mass is 16.5. The normalized spacial score (nSPS) is 12.8. The summed E-state index contributed by atoms with van der Waals surface area (Å²) in [5.74, 6) is -0.0578. The van der Waals surface area contributed by atoms with Crippen molar-refractivity contribution < 1.29 is 24.5 Å². The Morgan fingerprint density at radius 1 is 0.370 bits per heavy atom. The number of aliphatic hydroxyl groups is 2. The fraction of sp³-hybridized carbons (Fsp3) is 0.881. The zero-order valence-electron chi connectivity index (χ0n) is 49.1. The predicted molar refractivity (Wildman–Crippen MR) is 319 cm³/mol. The Kier molecular flexibility index (Phi) is 61.0. The van der Waals surface area contributed by atoms with Gasteiger partial charge in [0.2, 0.25) is 5.91 Å². The first-order valence-corrected chi connectivity index (χ1v) is 32.8. The third kappa shape index (κ3) is 59.2. The SMILES string of the molecule is CCCC/C=C\CCCCCCCC(=O)OCCCCCCCCCCCCCC/C=C\CCCCCCCCCCCCCCCCCCC(=O)NC(CO)C(O)/C=C/CCCCCCCCCCCCC. The molecule has 430 valence electrons. The largest absolute Gasteiger partial charge is 0.466 e. The van der Waals surface area contributed by atoms with E-state index in [0.29, 0.717) is 19.4 Å². The Labute approximate surface area is 455 Å². The maximum atomic E-state index is 12.5. The van der Waals surface area contributed by atoms with E-state index in [1.54, 1.807) is 6.08 Å². The molecule has 0 aliphatic heterocycles. The van der Waals surface area contributed by atoms with Crippen molar-refractivity contribution in [1.82, 2.24) is 5.32 Å². The molecule has 0 aromatic rings. The van der Waals surface area contributed by atoms with Crippen LogP contribution in [0, 0.1) is 0 Å². The minimum atomic E-state index is -0.842. The number of hydrogen-bond acceptors (Lipinski definition) is 5. The number of hydrogen-bond donors (Lipinski definition) is 3. The molecule has 73 heavy (non-hydrogen) atoms. The van der Waals surface area contributed by atoms with Crippen molar-refractivity contribution >= 4 is 11.9 Å². The fourth-order valence-electron chi connectivity index (χ4n) is 10.1. The number of ether oxygens (including phenoxy) is 1. The molecule has 0 radical (unpaired) electrons. The van der Waals surface area contributed by atoms with Gasteiger partial charge in [0, 0.05) is 12.8 Å². The molecule has 2 atom stereocenters. The lowest BCUT2D eigenvalue weighted by Crippen LogP contribution is -2.45. The summed E-state index contributed by atoms with van der Waals surface area (Å²) in [5.41, 5.74) is 0. The van der Waals surface area contributed by atoms with Crippen LogP contribution in [0.25, 0.3) is 0 Å². The van der Waals surface area contributed by atoms with E-state index in [9.17, 15) is 19.8 Å². The molecule has 0 rings (SSSR count). The summed E-state index contributed by atoms with van der Waals surface area (Å²) >= 11 is 0. The van der Waals surface area contributed by atoms with Gasteiger partial charge < -0.3 is 20.3 Å². The van der Waals surface area contributed by atoms with E-state index in [1.165, 1.54) is 283 Å². The molecule has 0 saturated heterocycles. The molecule has 0 aliphatic rings. The van der Waals surface area contributed by atoms with Gasteiger partial charge >= 0.3 is 5.97 Å². The number of aliphatic hydroxyl groups excluding tert-OH is 2. The summed E-state index contributed by atoms with van der Waals surface area (Å²) in [6.45, 7) is 4.88. The number of carbonyl (C=O) groups excluding carboxylic acids is 2. The summed E-state index contributed by atoms with van der Waals surface area (Å²) in [6.07, 6.45) is 79.3. The van der Waals surface area contributed by atoms with E-state index in [0.717, 1.165) is 44.9 Å². The van der Waals surface area contributed by atoms with Crippen LogP contribution < -0.4 is 5.32 Å². The highest BCUT2D eigenvalue weighted by Crippen LogP contribution is 2.18. The first-order chi connectivity index (χ1) is 36.0. The van der Waals surface area contributed by atoms with Gasteiger partial charge in [-0.3, -0.25) is 9.59 Å². The van der Waals surface area contributed by atoms with E-state index >= 15 is 0 Å². The molecule has 6 heteroatoms. The molecule has 0 aliphatic carbocycles. The summed E-state index contributed by atoms with van der Waals surface area (Å²) in [7, 11) is 0. The molecule has 0 aromatic carbocycles. The van der Waals surface area contributed by atoms with Gasteiger partial charge in [0.15, 0.2) is 0 Å². The Morgan fingerprint density at radius 3 is 1.01 bits per heavy atom. The Morgan fingerprint density at radius 2 is 0.658 bits per heavy atom. The monoisotopic (exact) mass is 1030 g/mol. The molecular weight excluding hydrogens is 899 g/mol. The number of rotatable bonds is 61. The number of allylic oxidation sites excluding steroid dienone is 5. The zero-order valence-corrected chi connectivity index (χ0v) is 49.1. The average molecular weight is 1030 g/mol. The molecule has 0 saturated carbocycles. The lowest BCUT2D eigenvalue weighted by Gasteiger charge is -2.20. The van der Waals surface area contributed by atoms with E-state index in [1.807, 2.05) is 6.08 Å². The smallest absolute Gasteiger partial charge is 0.305 e. The van der Waals surface area contributed by atoms with Crippen LogP contribution in [0.3, 0.4) is 0 Å². The van der Waals surface area contributed by atoms with E-state index < -0.39 is 12.1 Å². The second kappa shape index (κ2) is 62.6. The molecule has 0 heterocycles. The highest BCUT2D eigenvalue weighted by Gasteiger charge is 2.18. The van der Waals surface area contributed by atoms with Gasteiger partial charge in [-0.05, 0) is 77.0 Å². The molecule has 0 fully saturated rings. The van der Waals surface area contributed by atoms with Crippen molar-refractivity contribution in [2.24, 2.45) is 0 Å². The highest BCUT2D eigenvalue weighted by molar-refractivity contribution is 5.76. The van der Waals surface area contributed by atoms with Crippen LogP contribution in [-0.4, -0.2) is 47.4 Å². The van der Waals surface area contributed by atoms with Crippen molar-refractivity contribution in [1.29, 1.82) is 0 Å². The van der Waals surface area contributed by atoms with Crippen molar-refractivity contribution in [2.45, 2.75) is 366 Å². The number of carbonyl (C=O) groups is 2. The van der Waals surface area contributed by atoms with Crippen LogP contribution in [0.1, 0.15) is 354 Å². The lowest BCUT2D eigenvalue weighted by atomic mass is 10.0. The maximum Gasteiger partial charge on any atom is 0.305 e. The average Bonchev–Trinajstić information content (AvgIpc) is 3.39. The van der Waals surface area contributed by atoms with E-state index in [4.69, 9.17) is 4.74 Å². The predicted octanol–water partition coefficient (Wildman–Crippen LogP) is 20.8. The molecule has 0 spiro atoms. The third-order valence-corrected chi connectivity index (χ3v) is 15.1. The van der Waals surface area contributed by atoms with Gasteiger partial charge in [0.1, 0.15) is 0 Å². The molecular formula is C67H127NO5. The Bertz CT molecular complexity index is 1180. The van der Waals surface area contributed by atoms with Crippen LogP contribution in [0.2, 0.25) is 0 Å². The van der Waals surface area contributed by atoms with Crippen LogP contribution in [0.5, 0.6) is 0 Å². The minimum Gasteiger partial charge on any atom is -0.466 e. The summed E-state index contributed by atoms with van der Waals surface area (Å²) < 4.78 is 5.46. The van der Waals surface area contributed by atoms with Crippen LogP contribution >= 0.6 is 0 Å². The van der Waals surface area contributed by atoms with Crippen molar-refractivity contribution in [2.75, 3.05) is 13.2 Å². The molecule has 6 nitrogen and oxygen atoms in total. The topological polar surface area (TPSA) is 95.9 Å². The van der Waals surface area contributed by atoms with Crippen molar-refractivity contribution in [3.63, 3.8) is 0 Å². The summed E-state index contributed by atoms with van der Waals surface area (Å²) in [4.78, 5) is 24.4. The Hall–Kier alpha value is -1.92. The second-order valence-electron chi connectivity index (χ2n) is 22.4. The van der Waals surface area contributed by atoms with Gasteiger partial charge in [-0.2, -0.15) is 0 Å². The fourth-order valence-corrected chi connectivity index (χ4v) is 10.1. The number of nitrogens with one attached hydrogen (secondary N) is 1. The molecule has 0 aromatic heterocycles. The first-order valence-electron chi connectivity index (χ1n) is 32.8. The summed E-state index contributed by atoms with van der Waals surface area (Å²) in [6, 6.07) is -0.625. The quantitative estimate of drug-likeness (QED) is 0.0320. The molecule has 3 N–H and O–H groups in total. The van der Waals surface area contributed by atoms with Crippen molar-refractivity contribution in [3.05, 3.63) is 36.5 Å². The van der Waals surface area contributed by atoms with E-state index in [2.05, 4.69) is 43.5 Å². The maximum absolute atomic E-state index is 12.5. The van der Waals surface area contributed by atoms with Gasteiger partial charge in [-0.15, -0.1) is 0 Å². The number of esters is 1. The number of unbranched alkanes of at least 4 members (excludes halogenated alkanes) is 46. The van der Waals surface area contributed by atoms with Gasteiger partial charge in [0.25, 0.3) is 0 Å². The summed E-state index contributed by atoms with van der Waals surface area (Å²) in [5, 5.41) is 23.1. The second-order valence-corrected chi connectivity index (χ2v) is 22.4. The molecule has 0 bridgehead atoms. The lowest BCUT2D eigenvalue weighted by molar-refractivity contribution is -0.143. The van der Waals surface area contributed by atoms with Gasteiger partial charge in [-0.25, -0.2) is 0 Å². The first kappa shape index (κ1) is 71.1. The third-order valence-electron chi connectivity index (χ3n) is 15.1. The van der Waals surface area contributed by atoms with Crippen molar-refractivity contribution in [3.8, 4) is 0 Å².